The summed E-state index contributed by atoms with van der Waals surface area (Å²) in [5.41, 5.74) is 3.47. The van der Waals surface area contributed by atoms with E-state index >= 15 is 0 Å². The van der Waals surface area contributed by atoms with Crippen LogP contribution in [0.1, 0.15) is 23.1 Å². The molecule has 41 heavy (non-hydrogen) atoms. The van der Waals surface area contributed by atoms with Crippen molar-refractivity contribution < 1.29 is 22.3 Å². The van der Waals surface area contributed by atoms with Crippen LogP contribution < -0.4 is 9.46 Å². The zero-order valence-corrected chi connectivity index (χ0v) is 24.1. The molecular formula is C31H33FN4O4S. The van der Waals surface area contributed by atoms with Crippen LogP contribution in [0.3, 0.4) is 0 Å². The first-order valence-corrected chi connectivity index (χ1v) is 15.1. The summed E-state index contributed by atoms with van der Waals surface area (Å²) >= 11 is 0. The van der Waals surface area contributed by atoms with E-state index in [0.29, 0.717) is 35.2 Å². The van der Waals surface area contributed by atoms with Gasteiger partial charge in [0.2, 0.25) is 5.91 Å². The Labute approximate surface area is 239 Å². The Morgan fingerprint density at radius 1 is 1.00 bits per heavy atom. The fourth-order valence-corrected chi connectivity index (χ4v) is 7.86. The van der Waals surface area contributed by atoms with Gasteiger partial charge in [0, 0.05) is 37.9 Å². The molecule has 0 radical (unpaired) electrons. The Kier molecular flexibility index (Phi) is 6.99. The predicted molar refractivity (Wildman–Crippen MR) is 156 cm³/mol. The molecule has 1 aromatic heterocycles. The molecule has 0 aliphatic carbocycles. The maximum absolute atomic E-state index is 13.4. The number of methoxy groups -OCH3 is 1. The van der Waals surface area contributed by atoms with E-state index in [1.54, 1.807) is 45.2 Å². The smallest absolute Gasteiger partial charge is 0.262 e. The molecule has 2 atom stereocenters. The molecule has 0 spiro atoms. The van der Waals surface area contributed by atoms with Crippen molar-refractivity contribution >= 4 is 32.5 Å². The van der Waals surface area contributed by atoms with Crippen LogP contribution in [-0.4, -0.2) is 61.0 Å². The number of aryl methyl sites for hydroxylation is 2. The average Bonchev–Trinajstić information content (AvgIpc) is 3.64. The quantitative estimate of drug-likeness (QED) is 0.329. The number of hydrogen-bond acceptors (Lipinski definition) is 5. The third-order valence-electron chi connectivity index (χ3n) is 8.24. The van der Waals surface area contributed by atoms with Gasteiger partial charge in [-0.1, -0.05) is 18.2 Å². The fourth-order valence-electron chi connectivity index (χ4n) is 6.35. The lowest BCUT2D eigenvalue weighted by molar-refractivity contribution is -0.134. The zero-order chi connectivity index (χ0) is 28.9. The summed E-state index contributed by atoms with van der Waals surface area (Å²) in [5, 5.41) is 0.922. The molecule has 2 aliphatic rings. The highest BCUT2D eigenvalue weighted by Crippen LogP contribution is 2.33. The van der Waals surface area contributed by atoms with Gasteiger partial charge in [0.1, 0.15) is 18.1 Å². The van der Waals surface area contributed by atoms with Crippen molar-refractivity contribution in [1.29, 1.82) is 0 Å². The number of nitrogens with zero attached hydrogens (tertiary/aromatic N) is 3. The van der Waals surface area contributed by atoms with Gasteiger partial charge in [-0.15, -0.1) is 0 Å². The third-order valence-corrected chi connectivity index (χ3v) is 9.93. The van der Waals surface area contributed by atoms with Crippen molar-refractivity contribution in [2.24, 2.45) is 0 Å². The number of likely N-dealkylation sites (tertiary alicyclic amines) is 2. The summed E-state index contributed by atoms with van der Waals surface area (Å²) in [7, 11) is -2.30. The molecule has 3 aromatic carbocycles. The molecule has 0 saturated carbocycles. The summed E-state index contributed by atoms with van der Waals surface area (Å²) in [6, 6.07) is 17.7. The van der Waals surface area contributed by atoms with Crippen molar-refractivity contribution in [3.05, 3.63) is 89.4 Å². The van der Waals surface area contributed by atoms with E-state index in [2.05, 4.69) is 9.62 Å². The molecule has 2 bridgehead atoms. The lowest BCUT2D eigenvalue weighted by Gasteiger charge is -2.34. The van der Waals surface area contributed by atoms with E-state index in [1.807, 2.05) is 39.9 Å². The molecule has 10 heteroatoms. The lowest BCUT2D eigenvalue weighted by atomic mass is 10.1. The first-order chi connectivity index (χ1) is 19.6. The van der Waals surface area contributed by atoms with Gasteiger partial charge >= 0.3 is 0 Å². The number of fused-ring (bicyclic) bond motifs is 3. The summed E-state index contributed by atoms with van der Waals surface area (Å²) in [5.74, 6) is 0.416. The average molecular weight is 577 g/mol. The number of carbonyl (C=O) groups is 1. The number of rotatable bonds is 8. The lowest BCUT2D eigenvalue weighted by Crippen LogP contribution is -2.49. The number of piperazine rings is 1. The number of amides is 1. The number of anilines is 1. The summed E-state index contributed by atoms with van der Waals surface area (Å²) in [4.78, 5) is 18.0. The van der Waals surface area contributed by atoms with Gasteiger partial charge in [-0.2, -0.15) is 0 Å². The first kappa shape index (κ1) is 27.3. The minimum atomic E-state index is -3.85. The van der Waals surface area contributed by atoms with Gasteiger partial charge in [-0.05, 0) is 84.8 Å². The topological polar surface area (TPSA) is 83.9 Å². The van der Waals surface area contributed by atoms with Crippen molar-refractivity contribution in [3.8, 4) is 5.75 Å². The summed E-state index contributed by atoms with van der Waals surface area (Å²) < 4.78 is 49.8. The van der Waals surface area contributed by atoms with Gasteiger partial charge < -0.3 is 14.2 Å². The van der Waals surface area contributed by atoms with E-state index in [-0.39, 0.29) is 29.2 Å². The molecule has 4 aromatic rings. The van der Waals surface area contributed by atoms with Crippen LogP contribution in [0, 0.1) is 19.7 Å². The van der Waals surface area contributed by atoms with Crippen LogP contribution in [-0.2, 0) is 27.9 Å². The molecule has 1 N–H and O–H groups in total. The third kappa shape index (κ3) is 5.29. The largest absolute Gasteiger partial charge is 0.497 e. The second kappa shape index (κ2) is 10.5. The molecule has 2 fully saturated rings. The van der Waals surface area contributed by atoms with Crippen LogP contribution in [0.15, 0.2) is 71.8 Å². The fraction of sp³-hybridized carbons (Fsp3) is 0.323. The van der Waals surface area contributed by atoms with Crippen LogP contribution >= 0.6 is 0 Å². The van der Waals surface area contributed by atoms with Crippen molar-refractivity contribution in [3.63, 3.8) is 0 Å². The minimum Gasteiger partial charge on any atom is -0.497 e. The Morgan fingerprint density at radius 2 is 1.73 bits per heavy atom. The van der Waals surface area contributed by atoms with Crippen LogP contribution in [0.5, 0.6) is 5.75 Å². The summed E-state index contributed by atoms with van der Waals surface area (Å²) in [6.07, 6.45) is 2.81. The van der Waals surface area contributed by atoms with Crippen LogP contribution in [0.2, 0.25) is 0 Å². The first-order valence-electron chi connectivity index (χ1n) is 13.7. The van der Waals surface area contributed by atoms with E-state index in [9.17, 15) is 17.6 Å². The van der Waals surface area contributed by atoms with Crippen molar-refractivity contribution in [2.75, 3.05) is 24.9 Å². The number of hydrogen-bond donors (Lipinski definition) is 1. The highest BCUT2D eigenvalue weighted by Gasteiger charge is 2.44. The summed E-state index contributed by atoms with van der Waals surface area (Å²) in [6.45, 7) is 5.90. The molecule has 3 heterocycles. The second-order valence-electron chi connectivity index (χ2n) is 11.1. The van der Waals surface area contributed by atoms with Gasteiger partial charge in [0.15, 0.2) is 0 Å². The number of aromatic nitrogens is 1. The molecule has 1 amide bonds. The second-order valence-corrected chi connectivity index (χ2v) is 12.7. The Balaban J connectivity index is 1.15. The van der Waals surface area contributed by atoms with Gasteiger partial charge in [0.05, 0.1) is 23.2 Å². The maximum atomic E-state index is 13.4. The van der Waals surface area contributed by atoms with Gasteiger partial charge in [-0.25, -0.2) is 12.8 Å². The van der Waals surface area contributed by atoms with Gasteiger partial charge in [-0.3, -0.25) is 14.4 Å². The number of nitrogens with one attached hydrogen (secondary N) is 1. The van der Waals surface area contributed by atoms with Crippen molar-refractivity contribution in [2.45, 2.75) is 50.3 Å². The maximum Gasteiger partial charge on any atom is 0.262 e. The van der Waals surface area contributed by atoms with Crippen LogP contribution in [0.4, 0.5) is 10.1 Å². The Hall–Kier alpha value is -3.89. The van der Waals surface area contributed by atoms with Crippen LogP contribution in [0.25, 0.3) is 10.9 Å². The van der Waals surface area contributed by atoms with Crippen molar-refractivity contribution in [1.82, 2.24) is 14.4 Å². The van der Waals surface area contributed by atoms with E-state index in [4.69, 9.17) is 4.74 Å². The number of halogens is 1. The number of carbonyl (C=O) groups excluding carboxylic acids is 1. The number of sulfonamides is 1. The number of benzene rings is 3. The SMILES string of the molecule is COc1cc(C)c(S(=O)(=O)Nc2ccc3ccn(CC(=O)N4CC5CC4CN5Cc4ccc(F)cc4)c3c2)c(C)c1. The molecule has 2 aliphatic heterocycles. The Bertz CT molecular complexity index is 1710. The normalized spacial score (nSPS) is 18.8. The molecule has 8 nitrogen and oxygen atoms in total. The predicted octanol–water partition coefficient (Wildman–Crippen LogP) is 4.69. The highest BCUT2D eigenvalue weighted by molar-refractivity contribution is 7.92. The standard InChI is InChI=1S/C31H33FN4O4S/c1-20-12-28(40-3)13-21(2)31(20)41(38,39)33-25-9-6-23-10-11-34(29(23)14-25)19-30(37)36-18-26-15-27(36)17-35(26)16-22-4-7-24(32)8-5-22/h4-14,26-27,33H,15-19H2,1-3H3. The Morgan fingerprint density at radius 3 is 2.39 bits per heavy atom. The number of ether oxygens (including phenoxy) is 1. The van der Waals surface area contributed by atoms with E-state index in [0.717, 1.165) is 36.0 Å². The molecule has 2 saturated heterocycles. The van der Waals surface area contributed by atoms with E-state index < -0.39 is 10.0 Å². The monoisotopic (exact) mass is 576 g/mol. The van der Waals surface area contributed by atoms with Gasteiger partial charge in [0.25, 0.3) is 10.0 Å². The zero-order valence-electron chi connectivity index (χ0n) is 23.3. The molecule has 6 rings (SSSR count). The molecular weight excluding hydrogens is 543 g/mol. The molecule has 214 valence electrons. The van der Waals surface area contributed by atoms with E-state index in [1.165, 1.54) is 12.1 Å². The minimum absolute atomic E-state index is 0.0481. The highest BCUT2D eigenvalue weighted by atomic mass is 32.2. The molecule has 2 unspecified atom stereocenters.